The van der Waals surface area contributed by atoms with Gasteiger partial charge in [-0.1, -0.05) is 6.07 Å². The standard InChI is InChI=1S/C30H31FN10/c1-18-8-23(10-24-9-19(2)36-37-24)35-30(34-18)22-5-7-28(33-13-22)39-15-25-11-26(16-39)40(25)14-21-4-6-29(32-12-21)41-17-27(31)20(3)38-41/h4-9,12-13,17,25-26H,10-11,14-16H2,1-3H3,(H,36,37). The SMILES string of the molecule is Cc1cc(Cc2cc(C)[nH]n2)nc(-c2ccc(N3CC4CC(C3)N4Cc3ccc(-n4cc(F)c(C)n4)nc3)nc2)n1. The summed E-state index contributed by atoms with van der Waals surface area (Å²) in [5.41, 5.74) is 6.28. The van der Waals surface area contributed by atoms with Crippen molar-refractivity contribution in [2.24, 2.45) is 0 Å². The molecule has 8 rings (SSSR count). The van der Waals surface area contributed by atoms with E-state index in [0.29, 0.717) is 35.8 Å². The van der Waals surface area contributed by atoms with Crippen molar-refractivity contribution in [2.45, 2.75) is 52.2 Å². The Labute approximate surface area is 237 Å². The van der Waals surface area contributed by atoms with Gasteiger partial charge in [0.25, 0.3) is 0 Å². The summed E-state index contributed by atoms with van der Waals surface area (Å²) in [6, 6.07) is 13.1. The molecular weight excluding hydrogens is 519 g/mol. The Hall–Kier alpha value is -4.51. The molecule has 1 N–H and O–H groups in total. The van der Waals surface area contributed by atoms with Gasteiger partial charge < -0.3 is 4.90 Å². The minimum atomic E-state index is -0.327. The van der Waals surface area contributed by atoms with Crippen LogP contribution >= 0.6 is 0 Å². The fourth-order valence-corrected chi connectivity index (χ4v) is 5.85. The van der Waals surface area contributed by atoms with Gasteiger partial charge in [-0.3, -0.25) is 10.00 Å². The minimum Gasteiger partial charge on any atom is -0.353 e. The van der Waals surface area contributed by atoms with Gasteiger partial charge in [0.15, 0.2) is 17.5 Å². The molecule has 2 unspecified atom stereocenters. The molecule has 8 heterocycles. The highest BCUT2D eigenvalue weighted by atomic mass is 19.1. The third-order valence-corrected chi connectivity index (χ3v) is 7.95. The Balaban J connectivity index is 0.987. The van der Waals surface area contributed by atoms with Crippen LogP contribution in [0.15, 0.2) is 55.0 Å². The van der Waals surface area contributed by atoms with E-state index in [9.17, 15) is 4.39 Å². The lowest BCUT2D eigenvalue weighted by Gasteiger charge is -2.56. The van der Waals surface area contributed by atoms with Crippen LogP contribution in [-0.4, -0.2) is 70.0 Å². The van der Waals surface area contributed by atoms with E-state index < -0.39 is 0 Å². The molecule has 3 aliphatic rings. The smallest absolute Gasteiger partial charge is 0.164 e. The molecule has 10 nitrogen and oxygen atoms in total. The van der Waals surface area contributed by atoms with Crippen molar-refractivity contribution >= 4 is 5.82 Å². The number of hydrogen-bond acceptors (Lipinski definition) is 8. The Kier molecular flexibility index (Phi) is 6.30. The van der Waals surface area contributed by atoms with E-state index in [0.717, 1.165) is 59.4 Å². The topological polar surface area (TPSA) is 105 Å². The highest BCUT2D eigenvalue weighted by molar-refractivity contribution is 5.57. The number of nitrogens with zero attached hydrogens (tertiary/aromatic N) is 9. The molecule has 0 aromatic carbocycles. The molecule has 0 radical (unpaired) electrons. The molecule has 0 aliphatic carbocycles. The number of aromatic amines is 1. The monoisotopic (exact) mass is 550 g/mol. The van der Waals surface area contributed by atoms with E-state index >= 15 is 0 Å². The molecule has 41 heavy (non-hydrogen) atoms. The number of piperidine rings is 1. The van der Waals surface area contributed by atoms with Gasteiger partial charge in [0.2, 0.25) is 0 Å². The minimum absolute atomic E-state index is 0.327. The second-order valence-electron chi connectivity index (χ2n) is 11.1. The van der Waals surface area contributed by atoms with Crippen LogP contribution in [0.25, 0.3) is 17.2 Å². The van der Waals surface area contributed by atoms with Gasteiger partial charge in [-0.25, -0.2) is 29.0 Å². The van der Waals surface area contributed by atoms with E-state index in [-0.39, 0.29) is 5.82 Å². The molecule has 5 aromatic heterocycles. The molecule has 208 valence electrons. The summed E-state index contributed by atoms with van der Waals surface area (Å²) in [5.74, 6) is 1.96. The van der Waals surface area contributed by atoms with E-state index in [1.807, 2.05) is 44.4 Å². The number of aryl methyl sites for hydroxylation is 3. The van der Waals surface area contributed by atoms with Crippen molar-refractivity contribution in [3.05, 3.63) is 94.8 Å². The fourth-order valence-electron chi connectivity index (χ4n) is 5.85. The van der Waals surface area contributed by atoms with Crippen LogP contribution in [0.1, 0.15) is 40.5 Å². The Morgan fingerprint density at radius 3 is 2.39 bits per heavy atom. The first-order valence-electron chi connectivity index (χ1n) is 13.9. The molecule has 2 atom stereocenters. The van der Waals surface area contributed by atoms with Gasteiger partial charge in [-0.05, 0) is 63.1 Å². The third kappa shape index (κ3) is 5.08. The van der Waals surface area contributed by atoms with Gasteiger partial charge >= 0.3 is 0 Å². The molecule has 5 aromatic rings. The summed E-state index contributed by atoms with van der Waals surface area (Å²) in [6.07, 6.45) is 6.96. The predicted octanol–water partition coefficient (Wildman–Crippen LogP) is 3.96. The maximum Gasteiger partial charge on any atom is 0.164 e. The van der Waals surface area contributed by atoms with Gasteiger partial charge in [0.05, 0.1) is 23.3 Å². The molecule has 0 spiro atoms. The molecule has 3 aliphatic heterocycles. The van der Waals surface area contributed by atoms with Crippen molar-refractivity contribution < 1.29 is 4.39 Å². The first-order valence-corrected chi connectivity index (χ1v) is 13.9. The van der Waals surface area contributed by atoms with Gasteiger partial charge in [-0.15, -0.1) is 0 Å². The summed E-state index contributed by atoms with van der Waals surface area (Å²) in [7, 11) is 0. The van der Waals surface area contributed by atoms with Crippen molar-refractivity contribution in [2.75, 3.05) is 18.0 Å². The highest BCUT2D eigenvalue weighted by Crippen LogP contribution is 2.35. The van der Waals surface area contributed by atoms with Crippen molar-refractivity contribution in [3.63, 3.8) is 0 Å². The Morgan fingerprint density at radius 2 is 1.73 bits per heavy atom. The van der Waals surface area contributed by atoms with Gasteiger partial charge in [0, 0.05) is 67.5 Å². The second kappa shape index (κ2) is 10.2. The average molecular weight is 551 g/mol. The van der Waals surface area contributed by atoms with Crippen LogP contribution in [0.2, 0.25) is 0 Å². The van der Waals surface area contributed by atoms with Crippen LogP contribution in [0.5, 0.6) is 0 Å². The van der Waals surface area contributed by atoms with Gasteiger partial charge in [-0.2, -0.15) is 10.2 Å². The number of hydrogen-bond donors (Lipinski definition) is 1. The maximum atomic E-state index is 13.7. The second-order valence-corrected chi connectivity index (χ2v) is 11.1. The summed E-state index contributed by atoms with van der Waals surface area (Å²) >= 11 is 0. The van der Waals surface area contributed by atoms with Crippen molar-refractivity contribution in [3.8, 4) is 17.2 Å². The summed E-state index contributed by atoms with van der Waals surface area (Å²) in [4.78, 5) is 23.7. The fraction of sp³-hybridized carbons (Fsp3) is 0.333. The molecule has 11 heteroatoms. The number of H-pyrrole nitrogens is 1. The number of fused-ring (bicyclic) bond motifs is 2. The lowest BCUT2D eigenvalue weighted by molar-refractivity contribution is -0.00875. The zero-order valence-corrected chi connectivity index (χ0v) is 23.3. The van der Waals surface area contributed by atoms with Crippen molar-refractivity contribution in [1.82, 2.24) is 44.8 Å². The van der Waals surface area contributed by atoms with E-state index in [2.05, 4.69) is 53.3 Å². The zero-order valence-electron chi connectivity index (χ0n) is 23.3. The summed E-state index contributed by atoms with van der Waals surface area (Å²) in [5, 5.41) is 11.5. The van der Waals surface area contributed by atoms with Crippen LogP contribution < -0.4 is 4.90 Å². The Bertz CT molecular complexity index is 1660. The maximum absolute atomic E-state index is 13.7. The molecule has 3 fully saturated rings. The average Bonchev–Trinajstić information content (AvgIpc) is 3.55. The normalized spacial score (nSPS) is 18.5. The number of halogens is 1. The summed E-state index contributed by atoms with van der Waals surface area (Å²) in [6.45, 7) is 8.36. The number of anilines is 1. The Morgan fingerprint density at radius 1 is 0.927 bits per heavy atom. The number of rotatable bonds is 7. The van der Waals surface area contributed by atoms with Crippen LogP contribution in [0.4, 0.5) is 10.2 Å². The van der Waals surface area contributed by atoms with E-state index in [1.165, 1.54) is 17.3 Å². The van der Waals surface area contributed by atoms with Crippen LogP contribution in [0, 0.1) is 26.6 Å². The number of pyridine rings is 2. The molecule has 3 saturated heterocycles. The predicted molar refractivity (Wildman–Crippen MR) is 152 cm³/mol. The molecule has 0 saturated carbocycles. The molecule has 2 bridgehead atoms. The van der Waals surface area contributed by atoms with E-state index in [1.54, 1.807) is 6.92 Å². The molecule has 0 amide bonds. The number of aromatic nitrogens is 8. The zero-order chi connectivity index (χ0) is 28.1. The van der Waals surface area contributed by atoms with Crippen molar-refractivity contribution in [1.29, 1.82) is 0 Å². The highest BCUT2D eigenvalue weighted by Gasteiger charge is 2.44. The lowest BCUT2D eigenvalue weighted by Crippen LogP contribution is -2.68. The largest absolute Gasteiger partial charge is 0.353 e. The number of piperazine rings is 1. The van der Waals surface area contributed by atoms with Crippen LogP contribution in [-0.2, 0) is 13.0 Å². The van der Waals surface area contributed by atoms with Crippen LogP contribution in [0.3, 0.4) is 0 Å². The first-order chi connectivity index (χ1) is 19.9. The first kappa shape index (κ1) is 25.5. The van der Waals surface area contributed by atoms with Gasteiger partial charge in [0.1, 0.15) is 5.82 Å². The summed E-state index contributed by atoms with van der Waals surface area (Å²) < 4.78 is 15.2. The molecular formula is C30H31FN10. The van der Waals surface area contributed by atoms with E-state index in [4.69, 9.17) is 9.97 Å². The number of nitrogens with one attached hydrogen (secondary N) is 1. The lowest BCUT2D eigenvalue weighted by atomic mass is 9.87. The quantitative estimate of drug-likeness (QED) is 0.325. The third-order valence-electron chi connectivity index (χ3n) is 7.95.